The number of hydrogen-bond acceptors (Lipinski definition) is 3. The molecular formula is C14H22ClN3. The molecule has 1 saturated heterocycles. The number of nitrogens with zero attached hydrogens (tertiary/aromatic N) is 2. The Labute approximate surface area is 115 Å². The van der Waals surface area contributed by atoms with Gasteiger partial charge in [0.1, 0.15) is 0 Å². The first-order chi connectivity index (χ1) is 8.56. The summed E-state index contributed by atoms with van der Waals surface area (Å²) < 4.78 is 0. The molecule has 100 valence electrons. The van der Waals surface area contributed by atoms with Crippen LogP contribution < -0.4 is 5.73 Å². The van der Waals surface area contributed by atoms with Gasteiger partial charge in [-0.05, 0) is 63.8 Å². The van der Waals surface area contributed by atoms with Gasteiger partial charge in [0.05, 0.1) is 0 Å². The van der Waals surface area contributed by atoms with Crippen molar-refractivity contribution in [3.8, 4) is 0 Å². The third-order valence-electron chi connectivity index (χ3n) is 3.80. The quantitative estimate of drug-likeness (QED) is 0.854. The minimum absolute atomic E-state index is 0.652. The topological polar surface area (TPSA) is 32.5 Å². The van der Waals surface area contributed by atoms with Crippen LogP contribution in [-0.2, 0) is 6.54 Å². The molecular weight excluding hydrogens is 246 g/mol. The first-order valence-corrected chi connectivity index (χ1v) is 6.87. The molecule has 4 heteroatoms. The van der Waals surface area contributed by atoms with E-state index < -0.39 is 0 Å². The highest BCUT2D eigenvalue weighted by molar-refractivity contribution is 6.31. The zero-order valence-corrected chi connectivity index (χ0v) is 12.0. The Morgan fingerprint density at radius 1 is 1.39 bits per heavy atom. The van der Waals surface area contributed by atoms with Crippen LogP contribution in [-0.4, -0.2) is 43.0 Å². The van der Waals surface area contributed by atoms with Crippen LogP contribution in [0.15, 0.2) is 18.2 Å². The lowest BCUT2D eigenvalue weighted by Crippen LogP contribution is -2.41. The first kappa shape index (κ1) is 13.7. The van der Waals surface area contributed by atoms with Crippen molar-refractivity contribution in [3.63, 3.8) is 0 Å². The van der Waals surface area contributed by atoms with Gasteiger partial charge >= 0.3 is 0 Å². The molecule has 0 aliphatic carbocycles. The maximum atomic E-state index is 6.21. The summed E-state index contributed by atoms with van der Waals surface area (Å²) in [6.45, 7) is 3.23. The van der Waals surface area contributed by atoms with Crippen molar-refractivity contribution in [1.82, 2.24) is 9.80 Å². The summed E-state index contributed by atoms with van der Waals surface area (Å²) in [6, 6.07) is 6.36. The lowest BCUT2D eigenvalue weighted by molar-refractivity contribution is 0.139. The van der Waals surface area contributed by atoms with Crippen molar-refractivity contribution in [3.05, 3.63) is 28.8 Å². The summed E-state index contributed by atoms with van der Waals surface area (Å²) in [5, 5.41) is 0.809. The van der Waals surface area contributed by atoms with E-state index in [1.807, 2.05) is 18.2 Å². The van der Waals surface area contributed by atoms with Crippen molar-refractivity contribution in [2.75, 3.05) is 32.9 Å². The van der Waals surface area contributed by atoms with Crippen LogP contribution in [0.3, 0.4) is 0 Å². The standard InChI is InChI=1S/C14H22ClN3/c1-17-7-5-13(6-8-17)18(2)10-11-9-12(16)3-4-14(11)15/h3-4,9,13H,5-8,10,16H2,1-2H3. The molecule has 3 nitrogen and oxygen atoms in total. The van der Waals surface area contributed by atoms with Crippen LogP contribution in [0, 0.1) is 0 Å². The molecule has 1 heterocycles. The van der Waals surface area contributed by atoms with E-state index in [9.17, 15) is 0 Å². The lowest BCUT2D eigenvalue weighted by atomic mass is 10.0. The van der Waals surface area contributed by atoms with Gasteiger partial charge in [0.15, 0.2) is 0 Å². The molecule has 1 aliphatic rings. The monoisotopic (exact) mass is 267 g/mol. The van der Waals surface area contributed by atoms with Crippen LogP contribution in [0.25, 0.3) is 0 Å². The van der Waals surface area contributed by atoms with Crippen LogP contribution >= 0.6 is 11.6 Å². The molecule has 1 aromatic rings. The van der Waals surface area contributed by atoms with E-state index >= 15 is 0 Å². The van der Waals surface area contributed by atoms with Gasteiger partial charge in [0, 0.05) is 23.3 Å². The Morgan fingerprint density at radius 2 is 2.06 bits per heavy atom. The van der Waals surface area contributed by atoms with Gasteiger partial charge in [-0.25, -0.2) is 0 Å². The number of likely N-dealkylation sites (tertiary alicyclic amines) is 1. The second kappa shape index (κ2) is 5.91. The van der Waals surface area contributed by atoms with Gasteiger partial charge in [-0.15, -0.1) is 0 Å². The fourth-order valence-corrected chi connectivity index (χ4v) is 2.73. The molecule has 0 aromatic heterocycles. The summed E-state index contributed by atoms with van der Waals surface area (Å²) >= 11 is 6.21. The number of nitrogen functional groups attached to an aromatic ring is 1. The largest absolute Gasteiger partial charge is 0.399 e. The summed E-state index contributed by atoms with van der Waals surface area (Å²) in [5.74, 6) is 0. The van der Waals surface area contributed by atoms with Gasteiger partial charge in [0.25, 0.3) is 0 Å². The smallest absolute Gasteiger partial charge is 0.0452 e. The zero-order chi connectivity index (χ0) is 13.1. The molecule has 18 heavy (non-hydrogen) atoms. The number of anilines is 1. The van der Waals surface area contributed by atoms with Crippen LogP contribution in [0.2, 0.25) is 5.02 Å². The van der Waals surface area contributed by atoms with Crippen LogP contribution in [0.1, 0.15) is 18.4 Å². The number of hydrogen-bond donors (Lipinski definition) is 1. The van der Waals surface area contributed by atoms with Crippen molar-refractivity contribution in [1.29, 1.82) is 0 Å². The number of piperidine rings is 1. The Hall–Kier alpha value is -0.770. The van der Waals surface area contributed by atoms with Crippen molar-refractivity contribution < 1.29 is 0 Å². The minimum Gasteiger partial charge on any atom is -0.399 e. The van der Waals surface area contributed by atoms with E-state index in [0.717, 1.165) is 22.8 Å². The summed E-state index contributed by atoms with van der Waals surface area (Å²) in [7, 11) is 4.36. The molecule has 0 spiro atoms. The first-order valence-electron chi connectivity index (χ1n) is 6.49. The molecule has 1 aromatic carbocycles. The van der Waals surface area contributed by atoms with Gasteiger partial charge in [0.2, 0.25) is 0 Å². The van der Waals surface area contributed by atoms with E-state index in [1.165, 1.54) is 25.9 Å². The lowest BCUT2D eigenvalue weighted by Gasteiger charge is -2.35. The second-order valence-corrected chi connectivity index (χ2v) is 5.71. The second-order valence-electron chi connectivity index (χ2n) is 5.30. The average Bonchev–Trinajstić information content (AvgIpc) is 2.34. The molecule has 0 saturated carbocycles. The number of halogens is 1. The summed E-state index contributed by atoms with van der Waals surface area (Å²) in [6.07, 6.45) is 2.46. The van der Waals surface area contributed by atoms with Gasteiger partial charge in [-0.3, -0.25) is 4.90 Å². The predicted molar refractivity (Wildman–Crippen MR) is 77.9 cm³/mol. The van der Waals surface area contributed by atoms with Crippen molar-refractivity contribution in [2.24, 2.45) is 0 Å². The Bertz CT molecular complexity index is 400. The molecule has 0 unspecified atom stereocenters. The molecule has 1 aliphatic heterocycles. The molecule has 0 amide bonds. The van der Waals surface area contributed by atoms with Gasteiger partial charge < -0.3 is 10.6 Å². The Morgan fingerprint density at radius 3 is 2.72 bits per heavy atom. The van der Waals surface area contributed by atoms with Crippen molar-refractivity contribution in [2.45, 2.75) is 25.4 Å². The molecule has 2 N–H and O–H groups in total. The van der Waals surface area contributed by atoms with E-state index in [2.05, 4.69) is 23.9 Å². The number of nitrogens with two attached hydrogens (primary N) is 1. The number of benzene rings is 1. The zero-order valence-electron chi connectivity index (χ0n) is 11.2. The van der Waals surface area contributed by atoms with Gasteiger partial charge in [-0.2, -0.15) is 0 Å². The highest BCUT2D eigenvalue weighted by atomic mass is 35.5. The average molecular weight is 268 g/mol. The maximum absolute atomic E-state index is 6.21. The van der Waals surface area contributed by atoms with E-state index in [1.54, 1.807) is 0 Å². The SMILES string of the molecule is CN1CCC(N(C)Cc2cc(N)ccc2Cl)CC1. The Kier molecular flexibility index (Phi) is 4.49. The predicted octanol–water partition coefficient (Wildman–Crippen LogP) is 2.45. The van der Waals surface area contributed by atoms with Crippen LogP contribution in [0.5, 0.6) is 0 Å². The molecule has 0 atom stereocenters. The van der Waals surface area contributed by atoms with E-state index in [0.29, 0.717) is 6.04 Å². The highest BCUT2D eigenvalue weighted by Gasteiger charge is 2.20. The molecule has 1 fully saturated rings. The molecule has 2 rings (SSSR count). The minimum atomic E-state index is 0.652. The van der Waals surface area contributed by atoms with Gasteiger partial charge in [-0.1, -0.05) is 11.6 Å². The summed E-state index contributed by atoms with van der Waals surface area (Å²) in [4.78, 5) is 4.78. The normalized spacial score (nSPS) is 18.4. The third kappa shape index (κ3) is 3.37. The van der Waals surface area contributed by atoms with E-state index in [4.69, 9.17) is 17.3 Å². The summed E-state index contributed by atoms with van der Waals surface area (Å²) in [5.41, 5.74) is 7.72. The van der Waals surface area contributed by atoms with Crippen molar-refractivity contribution >= 4 is 17.3 Å². The number of rotatable bonds is 3. The van der Waals surface area contributed by atoms with E-state index in [-0.39, 0.29) is 0 Å². The fraction of sp³-hybridized carbons (Fsp3) is 0.571. The fourth-order valence-electron chi connectivity index (χ4n) is 2.55. The Balaban J connectivity index is 1.98. The van der Waals surface area contributed by atoms with Crippen LogP contribution in [0.4, 0.5) is 5.69 Å². The molecule has 0 bridgehead atoms. The highest BCUT2D eigenvalue weighted by Crippen LogP contribution is 2.23. The third-order valence-corrected chi connectivity index (χ3v) is 4.17. The maximum Gasteiger partial charge on any atom is 0.0452 e. The molecule has 0 radical (unpaired) electrons.